The molecule has 0 radical (unpaired) electrons. The minimum atomic E-state index is -0.393. The number of halogens is 1. The zero-order chi connectivity index (χ0) is 19.6. The number of methoxy groups -OCH3 is 1. The summed E-state index contributed by atoms with van der Waals surface area (Å²) in [4.78, 5) is 21.5. The van der Waals surface area contributed by atoms with E-state index in [-0.39, 0.29) is 11.6 Å². The number of ether oxygens (including phenoxy) is 1. The van der Waals surface area contributed by atoms with Gasteiger partial charge in [0, 0.05) is 16.3 Å². The van der Waals surface area contributed by atoms with Gasteiger partial charge < -0.3 is 4.74 Å². The first-order chi connectivity index (χ1) is 12.9. The van der Waals surface area contributed by atoms with E-state index in [1.54, 1.807) is 38.3 Å². The number of aromatic nitrogens is 4. The van der Waals surface area contributed by atoms with E-state index < -0.39 is 5.56 Å². The number of hydrogen-bond acceptors (Lipinski definition) is 6. The summed E-state index contributed by atoms with van der Waals surface area (Å²) < 4.78 is 6.57. The molecule has 0 saturated carbocycles. The van der Waals surface area contributed by atoms with Gasteiger partial charge in [-0.15, -0.1) is 5.11 Å². The monoisotopic (exact) mass is 386 g/mol. The van der Waals surface area contributed by atoms with Gasteiger partial charge in [-0.3, -0.25) is 9.89 Å². The van der Waals surface area contributed by atoms with E-state index >= 15 is 0 Å². The van der Waals surface area contributed by atoms with Gasteiger partial charge in [-0.2, -0.15) is 14.8 Å². The van der Waals surface area contributed by atoms with Gasteiger partial charge in [0.05, 0.1) is 18.5 Å². The maximum absolute atomic E-state index is 12.8. The second kappa shape index (κ2) is 7.71. The van der Waals surface area contributed by atoms with Gasteiger partial charge in [0.1, 0.15) is 0 Å². The van der Waals surface area contributed by atoms with Crippen molar-refractivity contribution in [3.05, 3.63) is 56.6 Å². The fourth-order valence-electron chi connectivity index (χ4n) is 2.64. The molecule has 0 fully saturated rings. The molecule has 3 aromatic rings. The third kappa shape index (κ3) is 3.75. The van der Waals surface area contributed by atoms with Gasteiger partial charge in [0.25, 0.3) is 5.95 Å². The van der Waals surface area contributed by atoms with Crippen LogP contribution in [0, 0.1) is 13.8 Å². The summed E-state index contributed by atoms with van der Waals surface area (Å²) in [6, 6.07) is 6.84. The number of nitrogens with one attached hydrogen (secondary N) is 1. The molecule has 2 aromatic heterocycles. The van der Waals surface area contributed by atoms with E-state index in [4.69, 9.17) is 16.3 Å². The van der Waals surface area contributed by atoms with Crippen LogP contribution in [0.3, 0.4) is 0 Å². The Labute approximate surface area is 160 Å². The fraction of sp³-hybridized carbons (Fsp3) is 0.278. The summed E-state index contributed by atoms with van der Waals surface area (Å²) in [6.45, 7) is 5.58. The Kier molecular flexibility index (Phi) is 5.36. The minimum absolute atomic E-state index is 0.185. The standard InChI is InChI=1S/C18H19ClN6O2/c1-5-14-10(2)20-18(21-16(14)27-4)25-17(26)15(11(3)24-25)23-22-13-8-6-12(19)7-9-13/h6-9,24H,5H2,1-4H3. The molecule has 0 spiro atoms. The Morgan fingerprint density at radius 2 is 1.89 bits per heavy atom. The van der Waals surface area contributed by atoms with Gasteiger partial charge >= 0.3 is 5.56 Å². The van der Waals surface area contributed by atoms with Crippen molar-refractivity contribution in [3.8, 4) is 11.8 Å². The van der Waals surface area contributed by atoms with Crippen molar-refractivity contribution in [2.75, 3.05) is 7.11 Å². The molecule has 1 N–H and O–H groups in total. The molecule has 2 heterocycles. The molecule has 0 saturated heterocycles. The van der Waals surface area contributed by atoms with Crippen LogP contribution in [0.5, 0.6) is 5.88 Å². The van der Waals surface area contributed by atoms with Crippen LogP contribution in [-0.4, -0.2) is 26.9 Å². The van der Waals surface area contributed by atoms with Crippen molar-refractivity contribution in [1.82, 2.24) is 19.7 Å². The van der Waals surface area contributed by atoms with Crippen molar-refractivity contribution >= 4 is 23.0 Å². The quantitative estimate of drug-likeness (QED) is 0.664. The first-order valence-corrected chi connectivity index (χ1v) is 8.73. The van der Waals surface area contributed by atoms with Crippen LogP contribution in [-0.2, 0) is 6.42 Å². The van der Waals surface area contributed by atoms with Crippen molar-refractivity contribution < 1.29 is 4.74 Å². The van der Waals surface area contributed by atoms with Crippen LogP contribution in [0.1, 0.15) is 23.9 Å². The lowest BCUT2D eigenvalue weighted by Gasteiger charge is -2.10. The normalized spacial score (nSPS) is 11.3. The van der Waals surface area contributed by atoms with Gasteiger partial charge in [0.2, 0.25) is 5.88 Å². The Bertz CT molecular complexity index is 1050. The molecule has 9 heteroatoms. The number of benzene rings is 1. The summed E-state index contributed by atoms with van der Waals surface area (Å²) in [6.07, 6.45) is 0.731. The van der Waals surface area contributed by atoms with Gasteiger partial charge in [-0.05, 0) is 44.5 Å². The minimum Gasteiger partial charge on any atom is -0.481 e. The average molecular weight is 387 g/mol. The second-order valence-corrected chi connectivity index (χ2v) is 6.29. The summed E-state index contributed by atoms with van der Waals surface area (Å²) in [5.41, 5.74) is 2.59. The number of aryl methyl sites for hydroxylation is 2. The van der Waals surface area contributed by atoms with Crippen LogP contribution >= 0.6 is 11.6 Å². The number of azo groups is 1. The van der Waals surface area contributed by atoms with Crippen molar-refractivity contribution in [1.29, 1.82) is 0 Å². The SMILES string of the molecule is CCc1c(C)nc(-n2[nH]c(C)c(N=Nc3ccc(Cl)cc3)c2=O)nc1OC. The van der Waals surface area contributed by atoms with E-state index in [0.29, 0.717) is 22.3 Å². The topological polar surface area (TPSA) is 97.5 Å². The summed E-state index contributed by atoms with van der Waals surface area (Å²) in [5, 5.41) is 11.7. The molecule has 0 aliphatic carbocycles. The highest BCUT2D eigenvalue weighted by atomic mass is 35.5. The third-order valence-corrected chi connectivity index (χ3v) is 4.30. The van der Waals surface area contributed by atoms with Crippen molar-refractivity contribution in [3.63, 3.8) is 0 Å². The van der Waals surface area contributed by atoms with Gasteiger partial charge in [-0.1, -0.05) is 18.5 Å². The zero-order valence-corrected chi connectivity index (χ0v) is 16.2. The average Bonchev–Trinajstić information content (AvgIpc) is 2.94. The first-order valence-electron chi connectivity index (χ1n) is 8.35. The fourth-order valence-corrected chi connectivity index (χ4v) is 2.77. The largest absolute Gasteiger partial charge is 0.481 e. The third-order valence-electron chi connectivity index (χ3n) is 4.04. The molecule has 0 aliphatic rings. The maximum Gasteiger partial charge on any atom is 0.301 e. The molecule has 0 aliphatic heterocycles. The molecule has 140 valence electrons. The van der Waals surface area contributed by atoms with Gasteiger partial charge in [0.15, 0.2) is 5.69 Å². The van der Waals surface area contributed by atoms with Crippen LogP contribution < -0.4 is 10.3 Å². The second-order valence-electron chi connectivity index (χ2n) is 5.85. The summed E-state index contributed by atoms with van der Waals surface area (Å²) in [7, 11) is 1.54. The Morgan fingerprint density at radius 3 is 2.52 bits per heavy atom. The Balaban J connectivity index is 2.02. The van der Waals surface area contributed by atoms with E-state index in [2.05, 4.69) is 25.3 Å². The van der Waals surface area contributed by atoms with Crippen molar-refractivity contribution in [2.45, 2.75) is 27.2 Å². The van der Waals surface area contributed by atoms with Gasteiger partial charge in [-0.25, -0.2) is 4.98 Å². The van der Waals surface area contributed by atoms with E-state index in [9.17, 15) is 4.79 Å². The molecule has 0 amide bonds. The molecular weight excluding hydrogens is 368 g/mol. The van der Waals surface area contributed by atoms with E-state index in [0.717, 1.165) is 17.7 Å². The van der Waals surface area contributed by atoms with Crippen LogP contribution in [0.2, 0.25) is 5.02 Å². The molecule has 27 heavy (non-hydrogen) atoms. The Morgan fingerprint density at radius 1 is 1.19 bits per heavy atom. The lowest BCUT2D eigenvalue weighted by Crippen LogP contribution is -2.18. The molecule has 3 rings (SSSR count). The molecular formula is C18H19ClN6O2. The number of H-pyrrole nitrogens is 1. The highest BCUT2D eigenvalue weighted by Crippen LogP contribution is 2.22. The van der Waals surface area contributed by atoms with E-state index in [1.165, 1.54) is 4.68 Å². The first kappa shape index (κ1) is 18.8. The highest BCUT2D eigenvalue weighted by molar-refractivity contribution is 6.30. The van der Waals surface area contributed by atoms with Crippen molar-refractivity contribution in [2.24, 2.45) is 10.2 Å². The number of rotatable bonds is 5. The van der Waals surface area contributed by atoms with Crippen LogP contribution in [0.15, 0.2) is 39.3 Å². The molecule has 0 atom stereocenters. The van der Waals surface area contributed by atoms with Crippen LogP contribution in [0.25, 0.3) is 5.95 Å². The lowest BCUT2D eigenvalue weighted by molar-refractivity contribution is 0.389. The predicted octanol–water partition coefficient (Wildman–Crippen LogP) is 4.21. The predicted molar refractivity (Wildman–Crippen MR) is 103 cm³/mol. The zero-order valence-electron chi connectivity index (χ0n) is 15.4. The summed E-state index contributed by atoms with van der Waals surface area (Å²) >= 11 is 5.85. The number of hydrogen-bond donors (Lipinski definition) is 1. The number of aromatic amines is 1. The molecule has 8 nitrogen and oxygen atoms in total. The summed E-state index contributed by atoms with van der Waals surface area (Å²) in [5.74, 6) is 0.645. The van der Waals surface area contributed by atoms with Crippen LogP contribution in [0.4, 0.5) is 11.4 Å². The molecule has 0 unspecified atom stereocenters. The smallest absolute Gasteiger partial charge is 0.301 e. The lowest BCUT2D eigenvalue weighted by atomic mass is 10.2. The highest BCUT2D eigenvalue weighted by Gasteiger charge is 2.17. The van der Waals surface area contributed by atoms with E-state index in [1.807, 2.05) is 13.8 Å². The maximum atomic E-state index is 12.8. The molecule has 1 aromatic carbocycles. The molecule has 0 bridgehead atoms. The number of nitrogens with zero attached hydrogens (tertiary/aromatic N) is 5. The Hall–Kier alpha value is -3.00.